The zero-order valence-corrected chi connectivity index (χ0v) is 14.8. The van der Waals surface area contributed by atoms with E-state index in [2.05, 4.69) is 10.6 Å². The number of carbonyl (C=O) groups excluding carboxylic acids is 2. The molecule has 3 aromatic rings. The molecule has 0 aliphatic heterocycles. The summed E-state index contributed by atoms with van der Waals surface area (Å²) in [6.07, 6.45) is 1.57. The molecule has 0 spiro atoms. The Labute approximate surface area is 161 Å². The highest BCUT2D eigenvalue weighted by Crippen LogP contribution is 2.17. The molecule has 28 heavy (non-hydrogen) atoms. The number of para-hydroxylation sites is 1. The number of rotatable bonds is 7. The third kappa shape index (κ3) is 4.99. The second-order valence-corrected chi connectivity index (χ2v) is 5.79. The minimum Gasteiger partial charge on any atom is -0.467 e. The van der Waals surface area contributed by atoms with Gasteiger partial charge in [-0.15, -0.1) is 0 Å². The summed E-state index contributed by atoms with van der Waals surface area (Å²) in [5, 5.41) is 14.5. The predicted molar refractivity (Wildman–Crippen MR) is 103 cm³/mol. The quantitative estimate of drug-likeness (QED) is 0.612. The van der Waals surface area contributed by atoms with E-state index in [1.807, 2.05) is 12.1 Å². The molecule has 3 rings (SSSR count). The van der Waals surface area contributed by atoms with Crippen molar-refractivity contribution in [2.24, 2.45) is 0 Å². The topological polar surface area (TPSA) is 104 Å². The fourth-order valence-corrected chi connectivity index (χ4v) is 2.44. The number of furan rings is 1. The van der Waals surface area contributed by atoms with E-state index < -0.39 is 18.5 Å². The highest BCUT2D eigenvalue weighted by Gasteiger charge is 2.14. The molecule has 0 fully saturated rings. The average Bonchev–Trinajstić information content (AvgIpc) is 3.25. The highest BCUT2D eigenvalue weighted by atomic mass is 16.5. The Morgan fingerprint density at radius 2 is 1.82 bits per heavy atom. The van der Waals surface area contributed by atoms with Gasteiger partial charge in [0.1, 0.15) is 5.76 Å². The smallest absolute Gasteiger partial charge is 0.340 e. The van der Waals surface area contributed by atoms with Crippen molar-refractivity contribution < 1.29 is 18.7 Å². The Bertz CT molecular complexity index is 989. The molecule has 1 amide bonds. The maximum Gasteiger partial charge on any atom is 0.340 e. The number of hydrogen-bond donors (Lipinski definition) is 2. The fourth-order valence-electron chi connectivity index (χ4n) is 2.44. The van der Waals surface area contributed by atoms with Crippen LogP contribution in [0, 0.1) is 11.3 Å². The summed E-state index contributed by atoms with van der Waals surface area (Å²) < 4.78 is 10.4. The maximum absolute atomic E-state index is 12.4. The number of ether oxygens (including phenoxy) is 1. The molecule has 0 atom stereocenters. The van der Waals surface area contributed by atoms with Gasteiger partial charge in [-0.05, 0) is 48.5 Å². The number of amides is 1. The lowest BCUT2D eigenvalue weighted by Gasteiger charge is -2.11. The van der Waals surface area contributed by atoms with Crippen LogP contribution in [0.1, 0.15) is 21.7 Å². The van der Waals surface area contributed by atoms with Gasteiger partial charge in [-0.2, -0.15) is 5.26 Å². The minimum atomic E-state index is -0.613. The number of anilines is 2. The number of nitrogens with one attached hydrogen (secondary N) is 2. The van der Waals surface area contributed by atoms with Gasteiger partial charge >= 0.3 is 5.97 Å². The maximum atomic E-state index is 12.4. The first kappa shape index (κ1) is 18.7. The van der Waals surface area contributed by atoms with E-state index in [1.165, 1.54) is 0 Å². The summed E-state index contributed by atoms with van der Waals surface area (Å²) in [5.41, 5.74) is 1.90. The molecule has 1 heterocycles. The second-order valence-electron chi connectivity index (χ2n) is 5.79. The molecule has 0 bridgehead atoms. The Hall–Kier alpha value is -4.05. The standard InChI is InChI=1S/C21H17N3O4/c22-12-15-7-9-16(10-8-15)24-20(25)14-28-21(26)18-5-1-2-6-19(18)23-13-17-4-3-11-27-17/h1-11,23H,13-14H2,(H,24,25). The van der Waals surface area contributed by atoms with Gasteiger partial charge in [0, 0.05) is 11.4 Å². The molecule has 0 unspecified atom stereocenters. The Kier molecular flexibility index (Phi) is 6.06. The van der Waals surface area contributed by atoms with Crippen molar-refractivity contribution in [3.8, 4) is 6.07 Å². The first-order chi connectivity index (χ1) is 13.7. The van der Waals surface area contributed by atoms with Crippen LogP contribution in [0.5, 0.6) is 0 Å². The molecule has 140 valence electrons. The number of hydrogen-bond acceptors (Lipinski definition) is 6. The van der Waals surface area contributed by atoms with Crippen molar-refractivity contribution in [1.82, 2.24) is 0 Å². The molecule has 2 N–H and O–H groups in total. The normalized spacial score (nSPS) is 9.96. The van der Waals surface area contributed by atoms with E-state index in [1.54, 1.807) is 60.9 Å². The summed E-state index contributed by atoms with van der Waals surface area (Å²) >= 11 is 0. The summed E-state index contributed by atoms with van der Waals surface area (Å²) in [6, 6.07) is 18.8. The zero-order chi connectivity index (χ0) is 19.8. The van der Waals surface area contributed by atoms with Gasteiger partial charge in [0.15, 0.2) is 6.61 Å². The largest absolute Gasteiger partial charge is 0.467 e. The van der Waals surface area contributed by atoms with Crippen LogP contribution in [0.3, 0.4) is 0 Å². The van der Waals surface area contributed by atoms with Crippen molar-refractivity contribution in [3.63, 3.8) is 0 Å². The Morgan fingerprint density at radius 3 is 2.54 bits per heavy atom. The van der Waals surface area contributed by atoms with E-state index in [0.29, 0.717) is 29.0 Å². The van der Waals surface area contributed by atoms with Crippen molar-refractivity contribution >= 4 is 23.3 Å². The van der Waals surface area contributed by atoms with Crippen LogP contribution in [0.25, 0.3) is 0 Å². The molecular weight excluding hydrogens is 358 g/mol. The van der Waals surface area contributed by atoms with Crippen molar-refractivity contribution in [2.45, 2.75) is 6.54 Å². The molecule has 0 saturated carbocycles. The van der Waals surface area contributed by atoms with Gasteiger partial charge in [-0.1, -0.05) is 12.1 Å². The molecule has 2 aromatic carbocycles. The number of benzene rings is 2. The van der Waals surface area contributed by atoms with E-state index in [4.69, 9.17) is 14.4 Å². The zero-order valence-electron chi connectivity index (χ0n) is 14.8. The first-order valence-electron chi connectivity index (χ1n) is 8.48. The number of esters is 1. The van der Waals surface area contributed by atoms with Crippen LogP contribution in [0.2, 0.25) is 0 Å². The summed E-state index contributed by atoms with van der Waals surface area (Å²) in [6.45, 7) is -0.0121. The average molecular weight is 375 g/mol. The Morgan fingerprint density at radius 1 is 1.04 bits per heavy atom. The van der Waals surface area contributed by atoms with Crippen LogP contribution < -0.4 is 10.6 Å². The van der Waals surface area contributed by atoms with Crippen molar-refractivity contribution in [3.05, 3.63) is 83.8 Å². The molecule has 7 nitrogen and oxygen atoms in total. The van der Waals surface area contributed by atoms with Crippen LogP contribution in [-0.4, -0.2) is 18.5 Å². The third-order valence-electron chi connectivity index (χ3n) is 3.81. The van der Waals surface area contributed by atoms with E-state index in [-0.39, 0.29) is 0 Å². The lowest BCUT2D eigenvalue weighted by Crippen LogP contribution is -2.21. The fraction of sp³-hybridized carbons (Fsp3) is 0.0952. The SMILES string of the molecule is N#Cc1ccc(NC(=O)COC(=O)c2ccccc2NCc2ccco2)cc1. The van der Waals surface area contributed by atoms with Crippen LogP contribution in [-0.2, 0) is 16.1 Å². The number of carbonyl (C=O) groups is 2. The first-order valence-corrected chi connectivity index (χ1v) is 8.48. The monoisotopic (exact) mass is 375 g/mol. The van der Waals surface area contributed by atoms with Crippen LogP contribution in [0.15, 0.2) is 71.3 Å². The number of nitriles is 1. The van der Waals surface area contributed by atoms with Gasteiger partial charge in [-0.3, -0.25) is 4.79 Å². The van der Waals surface area contributed by atoms with Crippen molar-refractivity contribution in [1.29, 1.82) is 5.26 Å². The minimum absolute atomic E-state index is 0.320. The van der Waals surface area contributed by atoms with Crippen LogP contribution in [0.4, 0.5) is 11.4 Å². The highest BCUT2D eigenvalue weighted by molar-refractivity contribution is 5.98. The third-order valence-corrected chi connectivity index (χ3v) is 3.81. The van der Waals surface area contributed by atoms with Gasteiger partial charge in [0.25, 0.3) is 5.91 Å². The van der Waals surface area contributed by atoms with Gasteiger partial charge in [0.2, 0.25) is 0 Å². The number of nitrogens with zero attached hydrogens (tertiary/aromatic N) is 1. The molecular formula is C21H17N3O4. The lowest BCUT2D eigenvalue weighted by atomic mass is 10.2. The van der Waals surface area contributed by atoms with Crippen LogP contribution >= 0.6 is 0 Å². The molecule has 0 radical (unpaired) electrons. The molecule has 1 aromatic heterocycles. The predicted octanol–water partition coefficient (Wildman–Crippen LogP) is 3.56. The summed E-state index contributed by atoms with van der Waals surface area (Å²) in [4.78, 5) is 24.4. The second kappa shape index (κ2) is 9.05. The molecule has 0 aliphatic rings. The Balaban J connectivity index is 1.55. The molecule has 0 aliphatic carbocycles. The van der Waals surface area contributed by atoms with Gasteiger partial charge in [-0.25, -0.2) is 4.79 Å². The van der Waals surface area contributed by atoms with E-state index in [0.717, 1.165) is 5.76 Å². The molecule has 0 saturated heterocycles. The summed E-state index contributed by atoms with van der Waals surface area (Å²) in [7, 11) is 0. The summed E-state index contributed by atoms with van der Waals surface area (Å²) in [5.74, 6) is -0.360. The van der Waals surface area contributed by atoms with Gasteiger partial charge in [0.05, 0.1) is 30.0 Å². The van der Waals surface area contributed by atoms with Crippen molar-refractivity contribution in [2.75, 3.05) is 17.2 Å². The van der Waals surface area contributed by atoms with Gasteiger partial charge < -0.3 is 19.8 Å². The molecule has 7 heteroatoms. The van der Waals surface area contributed by atoms with E-state index >= 15 is 0 Å². The van der Waals surface area contributed by atoms with E-state index in [9.17, 15) is 9.59 Å². The lowest BCUT2D eigenvalue weighted by molar-refractivity contribution is -0.119.